The van der Waals surface area contributed by atoms with E-state index >= 15 is 0 Å². The van der Waals surface area contributed by atoms with Gasteiger partial charge in [0.1, 0.15) is 6.10 Å². The SMILES string of the molecule is O=c1ccccn1C(c1ccccc1)C(OCC1CC1)c1ccccc1. The van der Waals surface area contributed by atoms with E-state index in [2.05, 4.69) is 24.3 Å². The third kappa shape index (κ3) is 3.78. The standard InChI is InChI=1S/C23H23NO2/c25-21-13-7-8-16-24(21)22(19-9-3-1-4-10-19)23(26-17-18-14-15-18)20-11-5-2-6-12-20/h1-13,16,18,22-23H,14-15,17H2. The van der Waals surface area contributed by atoms with Crippen molar-refractivity contribution in [3.05, 3.63) is 107 Å². The molecule has 1 fully saturated rings. The van der Waals surface area contributed by atoms with Gasteiger partial charge in [-0.15, -0.1) is 0 Å². The summed E-state index contributed by atoms with van der Waals surface area (Å²) in [4.78, 5) is 12.6. The predicted octanol–water partition coefficient (Wildman–Crippen LogP) is 4.61. The highest BCUT2D eigenvalue weighted by Gasteiger charge is 2.30. The Labute approximate surface area is 153 Å². The average Bonchev–Trinajstić information content (AvgIpc) is 3.52. The minimum absolute atomic E-state index is 0.0164. The van der Waals surface area contributed by atoms with Crippen LogP contribution in [0.25, 0.3) is 0 Å². The van der Waals surface area contributed by atoms with E-state index in [4.69, 9.17) is 4.74 Å². The average molecular weight is 345 g/mol. The van der Waals surface area contributed by atoms with E-state index in [-0.39, 0.29) is 17.7 Å². The molecule has 0 saturated heterocycles. The summed E-state index contributed by atoms with van der Waals surface area (Å²) in [6.45, 7) is 0.741. The van der Waals surface area contributed by atoms with E-state index in [0.29, 0.717) is 5.92 Å². The van der Waals surface area contributed by atoms with Crippen LogP contribution < -0.4 is 5.56 Å². The van der Waals surface area contributed by atoms with Crippen molar-refractivity contribution in [1.82, 2.24) is 4.57 Å². The molecule has 2 unspecified atom stereocenters. The molecular weight excluding hydrogens is 322 g/mol. The maximum atomic E-state index is 12.6. The molecule has 1 aliphatic carbocycles. The lowest BCUT2D eigenvalue weighted by atomic mass is 9.95. The summed E-state index contributed by atoms with van der Waals surface area (Å²) in [5.41, 5.74) is 2.15. The van der Waals surface area contributed by atoms with Gasteiger partial charge in [0, 0.05) is 12.3 Å². The molecule has 0 N–H and O–H groups in total. The van der Waals surface area contributed by atoms with Crippen LogP contribution in [0.3, 0.4) is 0 Å². The molecule has 2 atom stereocenters. The zero-order valence-corrected chi connectivity index (χ0v) is 14.7. The van der Waals surface area contributed by atoms with Crippen molar-refractivity contribution >= 4 is 0 Å². The summed E-state index contributed by atoms with van der Waals surface area (Å²) in [5.74, 6) is 0.658. The molecule has 1 aliphatic rings. The number of ether oxygens (including phenoxy) is 1. The number of benzene rings is 2. The van der Waals surface area contributed by atoms with E-state index in [0.717, 1.165) is 17.7 Å². The molecule has 1 saturated carbocycles. The van der Waals surface area contributed by atoms with Crippen LogP contribution in [0.2, 0.25) is 0 Å². The Morgan fingerprint density at radius 2 is 1.46 bits per heavy atom. The molecule has 4 rings (SSSR count). The van der Waals surface area contributed by atoms with Crippen molar-refractivity contribution in [2.45, 2.75) is 25.0 Å². The van der Waals surface area contributed by atoms with Gasteiger partial charge in [0.05, 0.1) is 12.6 Å². The lowest BCUT2D eigenvalue weighted by Crippen LogP contribution is -2.30. The first-order valence-corrected chi connectivity index (χ1v) is 9.21. The van der Waals surface area contributed by atoms with Gasteiger partial charge < -0.3 is 9.30 Å². The highest BCUT2D eigenvalue weighted by atomic mass is 16.5. The fourth-order valence-corrected chi connectivity index (χ4v) is 3.34. The largest absolute Gasteiger partial charge is 0.371 e. The maximum absolute atomic E-state index is 12.6. The lowest BCUT2D eigenvalue weighted by Gasteiger charge is -2.30. The Balaban J connectivity index is 1.80. The van der Waals surface area contributed by atoms with E-state index in [1.165, 1.54) is 12.8 Å². The van der Waals surface area contributed by atoms with E-state index in [1.807, 2.05) is 48.7 Å². The van der Waals surface area contributed by atoms with Gasteiger partial charge in [0.25, 0.3) is 5.56 Å². The lowest BCUT2D eigenvalue weighted by molar-refractivity contribution is 0.0183. The molecule has 1 heterocycles. The van der Waals surface area contributed by atoms with Crippen LogP contribution in [0, 0.1) is 5.92 Å². The molecule has 0 radical (unpaired) electrons. The number of rotatable bonds is 7. The van der Waals surface area contributed by atoms with E-state index < -0.39 is 0 Å². The zero-order valence-electron chi connectivity index (χ0n) is 14.7. The van der Waals surface area contributed by atoms with Crippen LogP contribution in [0.15, 0.2) is 89.9 Å². The molecule has 3 heteroatoms. The summed E-state index contributed by atoms with van der Waals surface area (Å²) in [6, 6.07) is 25.5. The van der Waals surface area contributed by atoms with Crippen molar-refractivity contribution in [3.8, 4) is 0 Å². The van der Waals surface area contributed by atoms with E-state index in [9.17, 15) is 4.79 Å². The van der Waals surface area contributed by atoms with Crippen LogP contribution >= 0.6 is 0 Å². The molecule has 2 aromatic carbocycles. The Kier molecular flexibility index (Phi) is 4.98. The van der Waals surface area contributed by atoms with Crippen molar-refractivity contribution < 1.29 is 4.74 Å². The Hall–Kier alpha value is -2.65. The first kappa shape index (κ1) is 16.8. The minimum Gasteiger partial charge on any atom is -0.371 e. The Morgan fingerprint density at radius 1 is 0.846 bits per heavy atom. The summed E-state index contributed by atoms with van der Waals surface area (Å²) >= 11 is 0. The molecule has 26 heavy (non-hydrogen) atoms. The van der Waals surface area contributed by atoms with Gasteiger partial charge in [-0.2, -0.15) is 0 Å². The van der Waals surface area contributed by atoms with Crippen molar-refractivity contribution in [2.24, 2.45) is 5.92 Å². The highest BCUT2D eigenvalue weighted by molar-refractivity contribution is 5.27. The smallest absolute Gasteiger partial charge is 0.251 e. The van der Waals surface area contributed by atoms with Gasteiger partial charge in [0.2, 0.25) is 0 Å². The summed E-state index contributed by atoms with van der Waals surface area (Å²) in [5, 5.41) is 0. The number of hydrogen-bond acceptors (Lipinski definition) is 2. The quantitative estimate of drug-likeness (QED) is 0.626. The van der Waals surface area contributed by atoms with Gasteiger partial charge in [0.15, 0.2) is 0 Å². The fourth-order valence-electron chi connectivity index (χ4n) is 3.34. The third-order valence-electron chi connectivity index (χ3n) is 4.92. The summed E-state index contributed by atoms with van der Waals surface area (Å²) in [6.07, 6.45) is 4.13. The van der Waals surface area contributed by atoms with Gasteiger partial charge in [-0.3, -0.25) is 4.79 Å². The molecule has 3 aromatic rings. The second kappa shape index (κ2) is 7.71. The predicted molar refractivity (Wildman–Crippen MR) is 103 cm³/mol. The summed E-state index contributed by atoms with van der Waals surface area (Å²) in [7, 11) is 0. The van der Waals surface area contributed by atoms with Gasteiger partial charge in [-0.1, -0.05) is 66.7 Å². The zero-order chi connectivity index (χ0) is 17.8. The monoisotopic (exact) mass is 345 g/mol. The second-order valence-corrected chi connectivity index (χ2v) is 6.91. The minimum atomic E-state index is -0.209. The van der Waals surface area contributed by atoms with Gasteiger partial charge >= 0.3 is 0 Å². The van der Waals surface area contributed by atoms with Crippen LogP contribution in [0.5, 0.6) is 0 Å². The van der Waals surface area contributed by atoms with Gasteiger partial charge in [-0.25, -0.2) is 0 Å². The molecule has 0 amide bonds. The first-order valence-electron chi connectivity index (χ1n) is 9.21. The van der Waals surface area contributed by atoms with E-state index in [1.54, 1.807) is 16.7 Å². The molecular formula is C23H23NO2. The topological polar surface area (TPSA) is 31.2 Å². The Bertz CT molecular complexity index is 885. The molecule has 132 valence electrons. The normalized spacial score (nSPS) is 16.2. The summed E-state index contributed by atoms with van der Waals surface area (Å²) < 4.78 is 8.21. The van der Waals surface area contributed by atoms with Crippen LogP contribution in [0.4, 0.5) is 0 Å². The molecule has 0 aliphatic heterocycles. The van der Waals surface area contributed by atoms with Crippen molar-refractivity contribution in [3.63, 3.8) is 0 Å². The van der Waals surface area contributed by atoms with Gasteiger partial charge in [-0.05, 0) is 36.0 Å². The number of nitrogens with zero attached hydrogens (tertiary/aromatic N) is 1. The number of pyridine rings is 1. The van der Waals surface area contributed by atoms with Crippen molar-refractivity contribution in [2.75, 3.05) is 6.61 Å². The third-order valence-corrected chi connectivity index (χ3v) is 4.92. The van der Waals surface area contributed by atoms with Crippen molar-refractivity contribution in [1.29, 1.82) is 0 Å². The maximum Gasteiger partial charge on any atom is 0.251 e. The Morgan fingerprint density at radius 3 is 2.08 bits per heavy atom. The fraction of sp³-hybridized carbons (Fsp3) is 0.261. The molecule has 1 aromatic heterocycles. The molecule has 0 bridgehead atoms. The molecule has 3 nitrogen and oxygen atoms in total. The number of aromatic nitrogens is 1. The van der Waals surface area contributed by atoms with Crippen LogP contribution in [0.1, 0.15) is 36.1 Å². The number of hydrogen-bond donors (Lipinski definition) is 0. The second-order valence-electron chi connectivity index (χ2n) is 6.91. The van der Waals surface area contributed by atoms with Crippen LogP contribution in [-0.4, -0.2) is 11.2 Å². The first-order chi connectivity index (χ1) is 12.8. The van der Waals surface area contributed by atoms with Crippen LogP contribution in [-0.2, 0) is 4.74 Å². The molecule has 0 spiro atoms. The highest BCUT2D eigenvalue weighted by Crippen LogP contribution is 2.37.